The van der Waals surface area contributed by atoms with Gasteiger partial charge in [-0.2, -0.15) is 0 Å². The summed E-state index contributed by atoms with van der Waals surface area (Å²) in [6, 6.07) is 11.3. The molecule has 5 N–H and O–H groups in total. The van der Waals surface area contributed by atoms with E-state index in [1.807, 2.05) is 30.3 Å². The van der Waals surface area contributed by atoms with Crippen molar-refractivity contribution in [1.82, 2.24) is 0 Å². The minimum Gasteiger partial charge on any atom is -0.409 e. The van der Waals surface area contributed by atoms with E-state index in [0.717, 1.165) is 15.7 Å². The molecule has 5 nitrogen and oxygen atoms in total. The lowest BCUT2D eigenvalue weighted by Crippen LogP contribution is -2.15. The van der Waals surface area contributed by atoms with Gasteiger partial charge in [0.25, 0.3) is 0 Å². The molecule has 0 aromatic heterocycles. The van der Waals surface area contributed by atoms with Crippen LogP contribution in [0.1, 0.15) is 5.56 Å². The van der Waals surface area contributed by atoms with E-state index in [1.165, 1.54) is 11.8 Å². The molecular weight excluding hydrogens is 276 g/mol. The Labute approximate surface area is 120 Å². The summed E-state index contributed by atoms with van der Waals surface area (Å²) in [4.78, 5) is 0.975. The van der Waals surface area contributed by atoms with Crippen LogP contribution in [0, 0.1) is 0 Å². The molecule has 0 bridgehead atoms. The highest BCUT2D eigenvalue weighted by molar-refractivity contribution is 7.99. The molecule has 0 amide bonds. The van der Waals surface area contributed by atoms with Crippen LogP contribution in [0.25, 0.3) is 10.8 Å². The summed E-state index contributed by atoms with van der Waals surface area (Å²) in [5.41, 5.74) is 6.34. The third-order valence-corrected chi connectivity index (χ3v) is 4.13. The number of oxime groups is 1. The molecule has 0 fully saturated rings. The van der Waals surface area contributed by atoms with E-state index >= 15 is 0 Å². The highest BCUT2D eigenvalue weighted by Crippen LogP contribution is 2.30. The molecule has 0 saturated heterocycles. The third-order valence-electron chi connectivity index (χ3n) is 2.91. The molecule has 20 heavy (non-hydrogen) atoms. The summed E-state index contributed by atoms with van der Waals surface area (Å²) in [5, 5.41) is 32.0. The fraction of sp³-hybridized carbons (Fsp3) is 0.214. The smallest absolute Gasteiger partial charge is 0.170 e. The van der Waals surface area contributed by atoms with Crippen LogP contribution in [-0.2, 0) is 0 Å². The van der Waals surface area contributed by atoms with E-state index in [0.29, 0.717) is 11.3 Å². The second-order valence-electron chi connectivity index (χ2n) is 4.29. The fourth-order valence-corrected chi connectivity index (χ4v) is 2.89. The molecule has 0 aliphatic carbocycles. The Balaban J connectivity index is 2.43. The van der Waals surface area contributed by atoms with Gasteiger partial charge >= 0.3 is 0 Å². The summed E-state index contributed by atoms with van der Waals surface area (Å²) >= 11 is 1.46. The molecule has 106 valence electrons. The molecule has 0 heterocycles. The first-order chi connectivity index (χ1) is 9.67. The van der Waals surface area contributed by atoms with E-state index < -0.39 is 6.10 Å². The molecular formula is C14H16N2O3S. The maximum Gasteiger partial charge on any atom is 0.170 e. The quantitative estimate of drug-likeness (QED) is 0.219. The predicted octanol–water partition coefficient (Wildman–Crippen LogP) is 1.38. The Hall–Kier alpha value is -1.76. The lowest BCUT2D eigenvalue weighted by Gasteiger charge is -2.11. The van der Waals surface area contributed by atoms with Gasteiger partial charge in [0, 0.05) is 16.2 Å². The van der Waals surface area contributed by atoms with Crippen molar-refractivity contribution in [1.29, 1.82) is 0 Å². The van der Waals surface area contributed by atoms with E-state index in [4.69, 9.17) is 16.0 Å². The van der Waals surface area contributed by atoms with Crippen molar-refractivity contribution >= 4 is 28.4 Å². The average Bonchev–Trinajstić information content (AvgIpc) is 2.51. The molecule has 2 aromatic rings. The minimum absolute atomic E-state index is 0.0631. The van der Waals surface area contributed by atoms with Crippen LogP contribution < -0.4 is 5.73 Å². The molecule has 0 spiro atoms. The number of fused-ring (bicyclic) bond motifs is 1. The van der Waals surface area contributed by atoms with Crippen molar-refractivity contribution in [2.45, 2.75) is 11.0 Å². The summed E-state index contributed by atoms with van der Waals surface area (Å²) in [5.74, 6) is 0.469. The first kappa shape index (κ1) is 14.6. The van der Waals surface area contributed by atoms with Crippen molar-refractivity contribution in [2.24, 2.45) is 10.9 Å². The van der Waals surface area contributed by atoms with Crippen LogP contribution in [-0.4, -0.2) is 39.7 Å². The van der Waals surface area contributed by atoms with Crippen molar-refractivity contribution in [3.8, 4) is 0 Å². The SMILES string of the molecule is N/C(=N/O)c1ccc(SCC(O)CO)c2ccccc12. The zero-order valence-electron chi connectivity index (χ0n) is 10.7. The first-order valence-corrected chi connectivity index (χ1v) is 7.07. The molecule has 1 atom stereocenters. The van der Waals surface area contributed by atoms with Gasteiger partial charge in [-0.15, -0.1) is 11.8 Å². The first-order valence-electron chi connectivity index (χ1n) is 6.08. The van der Waals surface area contributed by atoms with Gasteiger partial charge in [-0.05, 0) is 22.9 Å². The van der Waals surface area contributed by atoms with Crippen molar-refractivity contribution < 1.29 is 15.4 Å². The van der Waals surface area contributed by atoms with Gasteiger partial charge in [0.1, 0.15) is 0 Å². The Kier molecular flexibility index (Phi) is 4.84. The molecule has 0 radical (unpaired) electrons. The number of rotatable bonds is 5. The number of aliphatic hydroxyl groups is 2. The van der Waals surface area contributed by atoms with Gasteiger partial charge in [-0.1, -0.05) is 29.4 Å². The second kappa shape index (κ2) is 6.60. The average molecular weight is 292 g/mol. The summed E-state index contributed by atoms with van der Waals surface area (Å²) in [6.07, 6.45) is -0.748. The number of hydrogen-bond donors (Lipinski definition) is 4. The van der Waals surface area contributed by atoms with E-state index in [1.54, 1.807) is 6.07 Å². The third kappa shape index (κ3) is 3.04. The summed E-state index contributed by atoms with van der Waals surface area (Å²) < 4.78 is 0. The number of hydrogen-bond acceptors (Lipinski definition) is 5. The van der Waals surface area contributed by atoms with Crippen LogP contribution in [0.3, 0.4) is 0 Å². The molecule has 0 aliphatic rings. The Morgan fingerprint density at radius 2 is 1.90 bits per heavy atom. The normalized spacial score (nSPS) is 13.6. The van der Waals surface area contributed by atoms with Gasteiger partial charge < -0.3 is 21.2 Å². The van der Waals surface area contributed by atoms with Gasteiger partial charge in [-0.3, -0.25) is 0 Å². The van der Waals surface area contributed by atoms with Gasteiger partial charge in [0.05, 0.1) is 12.7 Å². The zero-order chi connectivity index (χ0) is 14.5. The lowest BCUT2D eigenvalue weighted by molar-refractivity contribution is 0.113. The number of aliphatic hydroxyl groups excluding tert-OH is 2. The second-order valence-corrected chi connectivity index (χ2v) is 5.35. The molecule has 2 rings (SSSR count). The van der Waals surface area contributed by atoms with E-state index in [2.05, 4.69) is 5.16 Å². The maximum absolute atomic E-state index is 9.43. The van der Waals surface area contributed by atoms with E-state index in [-0.39, 0.29) is 12.4 Å². The maximum atomic E-state index is 9.43. The van der Waals surface area contributed by atoms with Gasteiger partial charge in [-0.25, -0.2) is 0 Å². The molecule has 1 unspecified atom stereocenters. The van der Waals surface area contributed by atoms with Gasteiger partial charge in [0.2, 0.25) is 0 Å². The van der Waals surface area contributed by atoms with Crippen LogP contribution in [0.2, 0.25) is 0 Å². The van der Waals surface area contributed by atoms with Crippen LogP contribution in [0.4, 0.5) is 0 Å². The lowest BCUT2D eigenvalue weighted by atomic mass is 10.0. The summed E-state index contributed by atoms with van der Waals surface area (Å²) in [7, 11) is 0. The predicted molar refractivity (Wildman–Crippen MR) is 80.3 cm³/mol. The Morgan fingerprint density at radius 1 is 1.20 bits per heavy atom. The number of amidine groups is 1. The van der Waals surface area contributed by atoms with Gasteiger partial charge in [0.15, 0.2) is 5.84 Å². The van der Waals surface area contributed by atoms with Crippen molar-refractivity contribution in [3.63, 3.8) is 0 Å². The number of thioether (sulfide) groups is 1. The monoisotopic (exact) mass is 292 g/mol. The topological polar surface area (TPSA) is 99.1 Å². The molecule has 0 saturated carbocycles. The van der Waals surface area contributed by atoms with E-state index in [9.17, 15) is 5.11 Å². The Bertz CT molecular complexity index is 631. The van der Waals surface area contributed by atoms with Crippen molar-refractivity contribution in [3.05, 3.63) is 42.0 Å². The minimum atomic E-state index is -0.748. The molecule has 6 heteroatoms. The van der Waals surface area contributed by atoms with Crippen LogP contribution in [0.15, 0.2) is 46.4 Å². The van der Waals surface area contributed by atoms with Crippen LogP contribution >= 0.6 is 11.8 Å². The number of nitrogens with two attached hydrogens (primary N) is 1. The highest BCUT2D eigenvalue weighted by Gasteiger charge is 2.10. The molecule has 0 aliphatic heterocycles. The van der Waals surface area contributed by atoms with Crippen LogP contribution in [0.5, 0.6) is 0 Å². The highest BCUT2D eigenvalue weighted by atomic mass is 32.2. The number of nitrogens with zero attached hydrogens (tertiary/aromatic N) is 1. The number of benzene rings is 2. The standard InChI is InChI=1S/C14H16N2O3S/c15-14(16-19)12-5-6-13(20-8-9(18)7-17)11-4-2-1-3-10(11)12/h1-6,9,17-19H,7-8H2,(H2,15,16). The largest absolute Gasteiger partial charge is 0.409 e. The molecule has 2 aromatic carbocycles. The Morgan fingerprint density at radius 3 is 2.55 bits per heavy atom. The van der Waals surface area contributed by atoms with Crippen molar-refractivity contribution in [2.75, 3.05) is 12.4 Å². The fourth-order valence-electron chi connectivity index (χ4n) is 1.91. The summed E-state index contributed by atoms with van der Waals surface area (Å²) in [6.45, 7) is -0.257. The zero-order valence-corrected chi connectivity index (χ0v) is 11.5.